The quantitative estimate of drug-likeness (QED) is 0.636. The molecular weight excluding hydrogens is 392 g/mol. The molecule has 2 N–H and O–H groups in total. The van der Waals surface area contributed by atoms with Crippen LogP contribution in [-0.4, -0.2) is 39.4 Å². The molecule has 0 spiro atoms. The highest BCUT2D eigenvalue weighted by atomic mass is 16.2. The number of carbonyl (C=O) groups is 2. The Morgan fingerprint density at radius 3 is 2.32 bits per heavy atom. The lowest BCUT2D eigenvalue weighted by molar-refractivity contribution is -0.126. The number of carbonyl (C=O) groups excluding carboxylic acids is 2. The van der Waals surface area contributed by atoms with Gasteiger partial charge >= 0.3 is 0 Å². The van der Waals surface area contributed by atoms with Crippen molar-refractivity contribution in [1.29, 1.82) is 0 Å². The first-order valence-electron chi connectivity index (χ1n) is 10.4. The summed E-state index contributed by atoms with van der Waals surface area (Å²) in [4.78, 5) is 35.9. The minimum absolute atomic E-state index is 0.156. The average Bonchev–Trinajstić information content (AvgIpc) is 3.12. The van der Waals surface area contributed by atoms with Crippen LogP contribution in [0, 0.1) is 19.8 Å². The third-order valence-electron chi connectivity index (χ3n) is 5.69. The molecule has 0 atom stereocenters. The fourth-order valence-corrected chi connectivity index (χ4v) is 4.05. The molecule has 0 saturated carbocycles. The number of piperidine rings is 1. The molecule has 0 aliphatic carbocycles. The lowest BCUT2D eigenvalue weighted by Gasteiger charge is -2.31. The van der Waals surface area contributed by atoms with Crippen LogP contribution in [0.15, 0.2) is 54.9 Å². The second kappa shape index (κ2) is 8.99. The predicted molar refractivity (Wildman–Crippen MR) is 118 cm³/mol. The molecule has 2 aromatic heterocycles. The van der Waals surface area contributed by atoms with E-state index in [1.807, 2.05) is 54.8 Å². The van der Waals surface area contributed by atoms with Gasteiger partial charge < -0.3 is 9.47 Å². The smallest absolute Gasteiger partial charge is 0.271 e. The Hall–Kier alpha value is -3.68. The molecule has 4 rings (SSSR count). The van der Waals surface area contributed by atoms with Crippen LogP contribution < -0.4 is 15.8 Å². The molecule has 3 aromatic rings. The lowest BCUT2D eigenvalue weighted by atomic mass is 9.96. The number of para-hydroxylation sites is 1. The molecule has 8 heteroatoms. The third-order valence-corrected chi connectivity index (χ3v) is 5.69. The van der Waals surface area contributed by atoms with Gasteiger partial charge in [-0.05, 0) is 51.0 Å². The number of nitrogens with zero attached hydrogens (tertiary/aromatic N) is 4. The van der Waals surface area contributed by atoms with Crippen LogP contribution in [-0.2, 0) is 4.79 Å². The molecule has 3 heterocycles. The standard InChI is InChI=1S/C23H26N6O2/c1-16-15-20(17(2)29(16)19-7-4-3-5-8-19)22(31)27-26-21(30)18-9-13-28(14-10-18)23-24-11-6-12-25-23/h3-8,11-12,15,18H,9-10,13-14H2,1-2H3,(H,26,30)(H,27,31). The molecule has 0 bridgehead atoms. The highest BCUT2D eigenvalue weighted by Gasteiger charge is 2.26. The highest BCUT2D eigenvalue weighted by molar-refractivity contribution is 5.97. The summed E-state index contributed by atoms with van der Waals surface area (Å²) in [6.07, 6.45) is 4.79. The zero-order valence-electron chi connectivity index (χ0n) is 17.7. The van der Waals surface area contributed by atoms with Crippen molar-refractivity contribution in [2.45, 2.75) is 26.7 Å². The summed E-state index contributed by atoms with van der Waals surface area (Å²) in [6, 6.07) is 13.5. The molecule has 1 aliphatic heterocycles. The van der Waals surface area contributed by atoms with Gasteiger partial charge in [0.15, 0.2) is 0 Å². The van der Waals surface area contributed by atoms with Gasteiger partial charge in [-0.1, -0.05) is 18.2 Å². The van der Waals surface area contributed by atoms with Crippen molar-refractivity contribution in [2.75, 3.05) is 18.0 Å². The van der Waals surface area contributed by atoms with E-state index in [0.717, 1.165) is 17.1 Å². The van der Waals surface area contributed by atoms with Crippen LogP contribution >= 0.6 is 0 Å². The number of hydrogen-bond donors (Lipinski definition) is 2. The van der Waals surface area contributed by atoms with Crippen molar-refractivity contribution in [3.63, 3.8) is 0 Å². The van der Waals surface area contributed by atoms with Crippen LogP contribution in [0.5, 0.6) is 0 Å². The maximum atomic E-state index is 12.7. The first-order valence-corrected chi connectivity index (χ1v) is 10.4. The van der Waals surface area contributed by atoms with Crippen molar-refractivity contribution in [3.05, 3.63) is 71.8 Å². The summed E-state index contributed by atoms with van der Waals surface area (Å²) in [5.74, 6) is 0.0399. The summed E-state index contributed by atoms with van der Waals surface area (Å²) in [5.41, 5.74) is 8.50. The Kier molecular flexibility index (Phi) is 5.97. The Labute approximate surface area is 181 Å². The molecule has 1 aromatic carbocycles. The maximum absolute atomic E-state index is 12.7. The monoisotopic (exact) mass is 418 g/mol. The molecule has 1 saturated heterocycles. The summed E-state index contributed by atoms with van der Waals surface area (Å²) in [6.45, 7) is 5.26. The van der Waals surface area contributed by atoms with E-state index in [0.29, 0.717) is 37.4 Å². The fraction of sp³-hybridized carbons (Fsp3) is 0.304. The predicted octanol–water partition coefficient (Wildman–Crippen LogP) is 2.56. The van der Waals surface area contributed by atoms with Crippen molar-refractivity contribution in [3.8, 4) is 5.69 Å². The topological polar surface area (TPSA) is 92.2 Å². The van der Waals surface area contributed by atoms with Gasteiger partial charge in [-0.2, -0.15) is 0 Å². The number of rotatable bonds is 4. The van der Waals surface area contributed by atoms with Gasteiger partial charge in [0, 0.05) is 48.5 Å². The van der Waals surface area contributed by atoms with E-state index in [2.05, 4.69) is 25.7 Å². The van der Waals surface area contributed by atoms with Crippen LogP contribution in [0.1, 0.15) is 34.6 Å². The molecule has 31 heavy (non-hydrogen) atoms. The van der Waals surface area contributed by atoms with Crippen molar-refractivity contribution < 1.29 is 9.59 Å². The minimum Gasteiger partial charge on any atom is -0.341 e. The normalized spacial score (nSPS) is 14.3. The Bertz CT molecular complexity index is 1060. The number of amides is 2. The molecular formula is C23H26N6O2. The SMILES string of the molecule is Cc1cc(C(=O)NNC(=O)C2CCN(c3ncccn3)CC2)c(C)n1-c1ccccc1. The number of aromatic nitrogens is 3. The van der Waals surface area contributed by atoms with E-state index in [4.69, 9.17) is 0 Å². The number of hydrazine groups is 1. The number of anilines is 1. The Morgan fingerprint density at radius 2 is 1.65 bits per heavy atom. The molecule has 1 fully saturated rings. The van der Waals surface area contributed by atoms with E-state index in [-0.39, 0.29) is 17.7 Å². The number of nitrogens with one attached hydrogen (secondary N) is 2. The summed E-state index contributed by atoms with van der Waals surface area (Å²) < 4.78 is 2.03. The van der Waals surface area contributed by atoms with E-state index >= 15 is 0 Å². The van der Waals surface area contributed by atoms with Gasteiger partial charge in [0.2, 0.25) is 11.9 Å². The molecule has 2 amide bonds. The van der Waals surface area contributed by atoms with Gasteiger partial charge in [-0.3, -0.25) is 20.4 Å². The molecule has 160 valence electrons. The zero-order valence-corrected chi connectivity index (χ0v) is 17.7. The molecule has 8 nitrogen and oxygen atoms in total. The van der Waals surface area contributed by atoms with Crippen molar-refractivity contribution in [1.82, 2.24) is 25.4 Å². The van der Waals surface area contributed by atoms with Gasteiger partial charge in [-0.15, -0.1) is 0 Å². The summed E-state index contributed by atoms with van der Waals surface area (Å²) >= 11 is 0. The van der Waals surface area contributed by atoms with Gasteiger partial charge in [-0.25, -0.2) is 9.97 Å². The van der Waals surface area contributed by atoms with Crippen molar-refractivity contribution >= 4 is 17.8 Å². The van der Waals surface area contributed by atoms with E-state index in [1.165, 1.54) is 0 Å². The summed E-state index contributed by atoms with van der Waals surface area (Å²) in [5, 5.41) is 0. The highest BCUT2D eigenvalue weighted by Crippen LogP contribution is 2.22. The van der Waals surface area contributed by atoms with Crippen LogP contribution in [0.4, 0.5) is 5.95 Å². The van der Waals surface area contributed by atoms with Crippen molar-refractivity contribution in [2.24, 2.45) is 5.92 Å². The Morgan fingerprint density at radius 1 is 0.968 bits per heavy atom. The number of benzene rings is 1. The molecule has 0 radical (unpaired) electrons. The first-order chi connectivity index (χ1) is 15.0. The third kappa shape index (κ3) is 4.42. The van der Waals surface area contributed by atoms with Crippen LogP contribution in [0.25, 0.3) is 5.69 Å². The summed E-state index contributed by atoms with van der Waals surface area (Å²) in [7, 11) is 0. The van der Waals surface area contributed by atoms with Gasteiger partial charge in [0.05, 0.1) is 5.56 Å². The second-order valence-corrected chi connectivity index (χ2v) is 7.71. The lowest BCUT2D eigenvalue weighted by Crippen LogP contribution is -2.47. The first kappa shape index (κ1) is 20.6. The van der Waals surface area contributed by atoms with E-state index in [9.17, 15) is 9.59 Å². The maximum Gasteiger partial charge on any atom is 0.271 e. The van der Waals surface area contributed by atoms with Crippen LogP contribution in [0.2, 0.25) is 0 Å². The zero-order chi connectivity index (χ0) is 21.8. The van der Waals surface area contributed by atoms with Gasteiger partial charge in [0.1, 0.15) is 0 Å². The largest absolute Gasteiger partial charge is 0.341 e. The molecule has 0 unspecified atom stereocenters. The van der Waals surface area contributed by atoms with Gasteiger partial charge in [0.25, 0.3) is 5.91 Å². The second-order valence-electron chi connectivity index (χ2n) is 7.71. The minimum atomic E-state index is -0.321. The average molecular weight is 419 g/mol. The van der Waals surface area contributed by atoms with Crippen LogP contribution in [0.3, 0.4) is 0 Å². The molecule has 1 aliphatic rings. The Balaban J connectivity index is 1.34. The fourth-order valence-electron chi connectivity index (χ4n) is 4.05. The van der Waals surface area contributed by atoms with E-state index in [1.54, 1.807) is 18.5 Å². The number of hydrogen-bond acceptors (Lipinski definition) is 5. The number of aryl methyl sites for hydroxylation is 1. The van der Waals surface area contributed by atoms with E-state index < -0.39 is 0 Å².